The molecule has 0 aromatic carbocycles. The molecule has 5 heteroatoms. The van der Waals surface area contributed by atoms with Crippen molar-refractivity contribution in [2.24, 2.45) is 0 Å². The first-order chi connectivity index (χ1) is 8.13. The molecule has 0 radical (unpaired) electrons. The van der Waals surface area contributed by atoms with Crippen molar-refractivity contribution in [3.63, 3.8) is 0 Å². The third-order valence-corrected chi connectivity index (χ3v) is 4.31. The molecule has 0 spiro atoms. The van der Waals surface area contributed by atoms with E-state index >= 15 is 0 Å². The van der Waals surface area contributed by atoms with Crippen LogP contribution in [0.25, 0.3) is 6.08 Å². The zero-order valence-electron chi connectivity index (χ0n) is 9.67. The first-order valence-electron chi connectivity index (χ1n) is 5.37. The number of thioether (sulfide) groups is 1. The Morgan fingerprint density at radius 2 is 2.47 bits per heavy atom. The number of amides is 1. The standard InChI is InChI=1S/C12H13NO2S2/c1-3-13-11(14)10(17-12(13)16)8(2)7-9-5-4-6-15-9/h4-7,10H,3H2,1-2H3/b8-7+. The van der Waals surface area contributed by atoms with E-state index in [0.717, 1.165) is 11.3 Å². The summed E-state index contributed by atoms with van der Waals surface area (Å²) >= 11 is 6.61. The highest BCUT2D eigenvalue weighted by atomic mass is 32.2. The second-order valence-corrected chi connectivity index (χ2v) is 5.49. The van der Waals surface area contributed by atoms with Gasteiger partial charge in [-0.2, -0.15) is 0 Å². The molecule has 90 valence electrons. The fraction of sp³-hybridized carbons (Fsp3) is 0.333. The van der Waals surface area contributed by atoms with Crippen molar-refractivity contribution in [1.82, 2.24) is 4.90 Å². The van der Waals surface area contributed by atoms with Crippen LogP contribution in [0, 0.1) is 0 Å². The largest absolute Gasteiger partial charge is 0.465 e. The summed E-state index contributed by atoms with van der Waals surface area (Å²) < 4.78 is 5.90. The number of hydrogen-bond donors (Lipinski definition) is 0. The van der Waals surface area contributed by atoms with E-state index in [9.17, 15) is 4.79 Å². The molecular weight excluding hydrogens is 254 g/mol. The maximum absolute atomic E-state index is 12.1. The van der Waals surface area contributed by atoms with Crippen LogP contribution in [0.2, 0.25) is 0 Å². The molecule has 1 aliphatic rings. The molecule has 1 aliphatic heterocycles. The van der Waals surface area contributed by atoms with Crippen LogP contribution in [-0.4, -0.2) is 26.9 Å². The number of carbonyl (C=O) groups excluding carboxylic acids is 1. The predicted octanol–water partition coefficient (Wildman–Crippen LogP) is 2.93. The Hall–Kier alpha value is -1.07. The topological polar surface area (TPSA) is 33.5 Å². The van der Waals surface area contributed by atoms with Crippen LogP contribution in [0.4, 0.5) is 0 Å². The number of thiocarbonyl (C=S) groups is 1. The summed E-state index contributed by atoms with van der Waals surface area (Å²) in [6.45, 7) is 4.49. The van der Waals surface area contributed by atoms with Gasteiger partial charge in [-0.3, -0.25) is 9.69 Å². The SMILES string of the molecule is CCN1C(=O)C(/C(C)=C/c2ccco2)SC1=S. The third kappa shape index (κ3) is 2.45. The van der Waals surface area contributed by atoms with Gasteiger partial charge in [0.2, 0.25) is 5.91 Å². The van der Waals surface area contributed by atoms with Gasteiger partial charge in [0.05, 0.1) is 6.26 Å². The Labute approximate surface area is 110 Å². The van der Waals surface area contributed by atoms with E-state index in [1.807, 2.05) is 32.1 Å². The van der Waals surface area contributed by atoms with Crippen molar-refractivity contribution in [3.8, 4) is 0 Å². The normalized spacial score (nSPS) is 21.4. The van der Waals surface area contributed by atoms with Gasteiger partial charge in [0.25, 0.3) is 0 Å². The summed E-state index contributed by atoms with van der Waals surface area (Å²) in [6.07, 6.45) is 3.50. The lowest BCUT2D eigenvalue weighted by atomic mass is 10.1. The van der Waals surface area contributed by atoms with Crippen LogP contribution in [-0.2, 0) is 4.79 Å². The van der Waals surface area contributed by atoms with Crippen LogP contribution >= 0.6 is 24.0 Å². The first kappa shape index (κ1) is 12.4. The van der Waals surface area contributed by atoms with Crippen LogP contribution in [0.1, 0.15) is 19.6 Å². The van der Waals surface area contributed by atoms with Crippen LogP contribution in [0.3, 0.4) is 0 Å². The lowest BCUT2D eigenvalue weighted by Gasteiger charge is -2.12. The molecule has 0 N–H and O–H groups in total. The molecule has 0 bridgehead atoms. The van der Waals surface area contributed by atoms with Crippen LogP contribution in [0.5, 0.6) is 0 Å². The molecule has 2 heterocycles. The molecule has 0 saturated carbocycles. The second-order valence-electron chi connectivity index (χ2n) is 3.75. The van der Waals surface area contributed by atoms with Crippen LogP contribution < -0.4 is 0 Å². The molecular formula is C12H13NO2S2. The van der Waals surface area contributed by atoms with Gasteiger partial charge in [-0.1, -0.05) is 24.0 Å². The van der Waals surface area contributed by atoms with Gasteiger partial charge in [0.15, 0.2) is 0 Å². The highest BCUT2D eigenvalue weighted by Gasteiger charge is 2.36. The van der Waals surface area contributed by atoms with E-state index in [0.29, 0.717) is 10.9 Å². The number of nitrogens with zero attached hydrogens (tertiary/aromatic N) is 1. The summed E-state index contributed by atoms with van der Waals surface area (Å²) in [7, 11) is 0. The number of hydrogen-bond acceptors (Lipinski definition) is 4. The summed E-state index contributed by atoms with van der Waals surface area (Å²) in [4.78, 5) is 13.7. The molecule has 1 amide bonds. The molecule has 3 nitrogen and oxygen atoms in total. The Bertz CT molecular complexity index is 465. The van der Waals surface area contributed by atoms with Gasteiger partial charge in [-0.25, -0.2) is 0 Å². The minimum atomic E-state index is -0.201. The summed E-state index contributed by atoms with van der Waals surface area (Å²) in [6, 6.07) is 3.69. The average molecular weight is 267 g/mol. The molecule has 2 rings (SSSR count). The van der Waals surface area contributed by atoms with Gasteiger partial charge in [0, 0.05) is 6.54 Å². The Morgan fingerprint density at radius 3 is 3.00 bits per heavy atom. The molecule has 1 unspecified atom stereocenters. The molecule has 17 heavy (non-hydrogen) atoms. The van der Waals surface area contributed by atoms with Crippen molar-refractivity contribution < 1.29 is 9.21 Å². The van der Waals surface area contributed by atoms with E-state index in [1.165, 1.54) is 11.8 Å². The van der Waals surface area contributed by atoms with E-state index in [4.69, 9.17) is 16.6 Å². The van der Waals surface area contributed by atoms with Crippen molar-refractivity contribution in [1.29, 1.82) is 0 Å². The van der Waals surface area contributed by atoms with Crippen molar-refractivity contribution in [3.05, 3.63) is 29.7 Å². The lowest BCUT2D eigenvalue weighted by Crippen LogP contribution is -2.31. The Morgan fingerprint density at radius 1 is 1.71 bits per heavy atom. The van der Waals surface area contributed by atoms with E-state index < -0.39 is 0 Å². The van der Waals surface area contributed by atoms with Gasteiger partial charge < -0.3 is 4.42 Å². The molecule has 1 saturated heterocycles. The second kappa shape index (κ2) is 5.06. The molecule has 0 aliphatic carbocycles. The monoisotopic (exact) mass is 267 g/mol. The number of furan rings is 1. The van der Waals surface area contributed by atoms with Gasteiger partial charge in [0.1, 0.15) is 15.3 Å². The molecule has 1 aromatic rings. The van der Waals surface area contributed by atoms with Gasteiger partial charge in [-0.05, 0) is 37.6 Å². The molecule has 1 atom stereocenters. The maximum Gasteiger partial charge on any atom is 0.245 e. The maximum atomic E-state index is 12.1. The van der Waals surface area contributed by atoms with E-state index in [1.54, 1.807) is 11.2 Å². The Kier molecular flexibility index (Phi) is 3.69. The first-order valence-corrected chi connectivity index (χ1v) is 6.66. The zero-order valence-corrected chi connectivity index (χ0v) is 11.3. The quantitative estimate of drug-likeness (QED) is 0.788. The molecule has 1 fully saturated rings. The zero-order chi connectivity index (χ0) is 12.4. The van der Waals surface area contributed by atoms with Crippen molar-refractivity contribution in [2.45, 2.75) is 19.1 Å². The third-order valence-electron chi connectivity index (χ3n) is 2.57. The van der Waals surface area contributed by atoms with E-state index in [-0.39, 0.29) is 11.2 Å². The Balaban J connectivity index is 2.19. The summed E-state index contributed by atoms with van der Waals surface area (Å²) in [5.74, 6) is 0.833. The lowest BCUT2D eigenvalue weighted by molar-refractivity contribution is -0.125. The number of carbonyl (C=O) groups is 1. The van der Waals surface area contributed by atoms with Crippen molar-refractivity contribution in [2.75, 3.05) is 6.54 Å². The highest BCUT2D eigenvalue weighted by molar-refractivity contribution is 8.24. The summed E-state index contributed by atoms with van der Waals surface area (Å²) in [5, 5.41) is -0.201. The fourth-order valence-electron chi connectivity index (χ4n) is 1.69. The molecule has 1 aromatic heterocycles. The van der Waals surface area contributed by atoms with Gasteiger partial charge >= 0.3 is 0 Å². The van der Waals surface area contributed by atoms with Crippen molar-refractivity contribution >= 4 is 40.3 Å². The van der Waals surface area contributed by atoms with E-state index in [2.05, 4.69) is 0 Å². The summed E-state index contributed by atoms with van der Waals surface area (Å²) in [5.41, 5.74) is 0.966. The fourth-order valence-corrected chi connectivity index (χ4v) is 3.23. The smallest absolute Gasteiger partial charge is 0.245 e. The van der Waals surface area contributed by atoms with Gasteiger partial charge in [-0.15, -0.1) is 0 Å². The average Bonchev–Trinajstić information content (AvgIpc) is 2.87. The minimum Gasteiger partial charge on any atom is -0.465 e. The van der Waals surface area contributed by atoms with Crippen LogP contribution in [0.15, 0.2) is 28.4 Å². The number of rotatable bonds is 3. The minimum absolute atomic E-state index is 0.0720. The highest BCUT2D eigenvalue weighted by Crippen LogP contribution is 2.32. The predicted molar refractivity (Wildman–Crippen MR) is 73.7 cm³/mol.